The number of hydrogen-bond acceptors (Lipinski definition) is 1. The summed E-state index contributed by atoms with van der Waals surface area (Å²) in [6.07, 6.45) is 3.73. The molecule has 0 spiro atoms. The van der Waals surface area contributed by atoms with E-state index in [1.54, 1.807) is 4.90 Å². The number of nitrogens with zero attached hydrogens (tertiary/aromatic N) is 1. The first kappa shape index (κ1) is 9.30. The van der Waals surface area contributed by atoms with E-state index in [-0.39, 0.29) is 5.91 Å². The fourth-order valence-corrected chi connectivity index (χ4v) is 1.87. The van der Waals surface area contributed by atoms with Gasteiger partial charge in [0.2, 0.25) is 5.91 Å². The molecule has 1 unspecified atom stereocenters. The van der Waals surface area contributed by atoms with E-state index in [2.05, 4.69) is 20.4 Å². The average Bonchev–Trinajstić information content (AvgIpc) is 2.01. The Bertz CT molecular complexity index is 208. The highest BCUT2D eigenvalue weighted by Crippen LogP contribution is 2.42. The van der Waals surface area contributed by atoms with Crippen molar-refractivity contribution in [2.45, 2.75) is 32.7 Å². The molecule has 1 amide bonds. The first-order valence-electron chi connectivity index (χ1n) is 4.38. The van der Waals surface area contributed by atoms with Crippen molar-refractivity contribution < 1.29 is 4.79 Å². The van der Waals surface area contributed by atoms with Gasteiger partial charge in [-0.2, -0.15) is 0 Å². The molecule has 12 heavy (non-hydrogen) atoms. The molecule has 1 fully saturated rings. The fraction of sp³-hybridized carbons (Fsp3) is 0.700. The zero-order valence-corrected chi connectivity index (χ0v) is 8.13. The van der Waals surface area contributed by atoms with Gasteiger partial charge in [0.25, 0.3) is 0 Å². The van der Waals surface area contributed by atoms with E-state index in [0.717, 1.165) is 6.42 Å². The molecule has 1 saturated carbocycles. The van der Waals surface area contributed by atoms with Crippen LogP contribution in [0.5, 0.6) is 0 Å². The van der Waals surface area contributed by atoms with Gasteiger partial charge in [0.05, 0.1) is 0 Å². The zero-order valence-electron chi connectivity index (χ0n) is 8.13. The second-order valence-electron chi connectivity index (χ2n) is 4.20. The molecule has 1 aliphatic rings. The average molecular weight is 167 g/mol. The third-order valence-electron chi connectivity index (χ3n) is 2.95. The minimum atomic E-state index is 0.0350. The van der Waals surface area contributed by atoms with Crippen LogP contribution in [0.4, 0.5) is 0 Å². The highest BCUT2D eigenvalue weighted by Gasteiger charge is 2.41. The summed E-state index contributed by atoms with van der Waals surface area (Å²) in [4.78, 5) is 13.0. The number of amides is 1. The van der Waals surface area contributed by atoms with Gasteiger partial charge in [-0.05, 0) is 24.3 Å². The van der Waals surface area contributed by atoms with Crippen molar-refractivity contribution in [2.75, 3.05) is 7.05 Å². The summed E-state index contributed by atoms with van der Waals surface area (Å²) in [6.45, 7) is 7.88. The summed E-state index contributed by atoms with van der Waals surface area (Å²) in [5.41, 5.74) is 0.299. The Labute approximate surface area is 74.2 Å². The molecule has 0 saturated heterocycles. The van der Waals surface area contributed by atoms with Crippen molar-refractivity contribution in [2.24, 2.45) is 5.41 Å². The molecule has 0 heterocycles. The topological polar surface area (TPSA) is 20.3 Å². The van der Waals surface area contributed by atoms with Gasteiger partial charge in [0, 0.05) is 13.1 Å². The van der Waals surface area contributed by atoms with E-state index < -0.39 is 0 Å². The highest BCUT2D eigenvalue weighted by molar-refractivity contribution is 5.87. The van der Waals surface area contributed by atoms with Crippen LogP contribution in [-0.4, -0.2) is 23.9 Å². The minimum Gasteiger partial charge on any atom is -0.339 e. The Morgan fingerprint density at radius 1 is 1.67 bits per heavy atom. The van der Waals surface area contributed by atoms with Gasteiger partial charge in [0.15, 0.2) is 0 Å². The SMILES string of the molecule is C=CC(=O)N(C)C1CCC1(C)C. The molecule has 1 rings (SSSR count). The first-order chi connectivity index (χ1) is 5.49. The first-order valence-corrected chi connectivity index (χ1v) is 4.38. The van der Waals surface area contributed by atoms with Gasteiger partial charge >= 0.3 is 0 Å². The number of likely N-dealkylation sites (N-methyl/N-ethyl adjacent to an activating group) is 1. The Morgan fingerprint density at radius 2 is 2.25 bits per heavy atom. The normalized spacial score (nSPS) is 25.8. The molecule has 68 valence electrons. The molecule has 2 heteroatoms. The van der Waals surface area contributed by atoms with Crippen molar-refractivity contribution in [1.82, 2.24) is 4.90 Å². The molecule has 1 atom stereocenters. The highest BCUT2D eigenvalue weighted by atomic mass is 16.2. The van der Waals surface area contributed by atoms with Gasteiger partial charge < -0.3 is 4.90 Å². The predicted molar refractivity (Wildman–Crippen MR) is 49.8 cm³/mol. The molecule has 0 aromatic carbocycles. The third kappa shape index (κ3) is 1.38. The van der Waals surface area contributed by atoms with E-state index >= 15 is 0 Å². The van der Waals surface area contributed by atoms with E-state index in [4.69, 9.17) is 0 Å². The van der Waals surface area contributed by atoms with Crippen LogP contribution in [0, 0.1) is 5.41 Å². The van der Waals surface area contributed by atoms with Crippen LogP contribution in [0.3, 0.4) is 0 Å². The van der Waals surface area contributed by atoms with Gasteiger partial charge in [0.1, 0.15) is 0 Å². The lowest BCUT2D eigenvalue weighted by atomic mass is 9.66. The number of carbonyl (C=O) groups is 1. The van der Waals surface area contributed by atoms with Crippen LogP contribution >= 0.6 is 0 Å². The third-order valence-corrected chi connectivity index (χ3v) is 2.95. The zero-order chi connectivity index (χ0) is 9.35. The summed E-state index contributed by atoms with van der Waals surface area (Å²) in [5, 5.41) is 0. The molecule has 0 bridgehead atoms. The maximum Gasteiger partial charge on any atom is 0.245 e. The molecule has 0 N–H and O–H groups in total. The minimum absolute atomic E-state index is 0.0350. The van der Waals surface area contributed by atoms with Crippen molar-refractivity contribution in [3.05, 3.63) is 12.7 Å². The predicted octanol–water partition coefficient (Wildman–Crippen LogP) is 1.82. The van der Waals surface area contributed by atoms with Gasteiger partial charge in [-0.15, -0.1) is 0 Å². The standard InChI is InChI=1S/C10H17NO/c1-5-9(12)11(4)8-6-7-10(8,2)3/h5,8H,1,6-7H2,2-4H3. The number of rotatable bonds is 2. The van der Waals surface area contributed by atoms with Crippen LogP contribution in [-0.2, 0) is 4.79 Å². The Balaban J connectivity index is 2.59. The van der Waals surface area contributed by atoms with Crippen LogP contribution in [0.1, 0.15) is 26.7 Å². The lowest BCUT2D eigenvalue weighted by Crippen LogP contribution is -2.52. The molecule has 0 aliphatic heterocycles. The van der Waals surface area contributed by atoms with E-state index in [1.807, 2.05) is 7.05 Å². The second kappa shape index (κ2) is 2.92. The van der Waals surface area contributed by atoms with Crippen molar-refractivity contribution in [1.29, 1.82) is 0 Å². The maximum absolute atomic E-state index is 11.2. The molecule has 1 aliphatic carbocycles. The van der Waals surface area contributed by atoms with Crippen molar-refractivity contribution >= 4 is 5.91 Å². The van der Waals surface area contributed by atoms with E-state index in [9.17, 15) is 4.79 Å². The lowest BCUT2D eigenvalue weighted by molar-refractivity contribution is -0.132. The molecule has 0 radical (unpaired) electrons. The van der Waals surface area contributed by atoms with Crippen LogP contribution in [0.25, 0.3) is 0 Å². The summed E-state index contributed by atoms with van der Waals surface area (Å²) < 4.78 is 0. The van der Waals surface area contributed by atoms with E-state index in [0.29, 0.717) is 11.5 Å². The molecular formula is C10H17NO. The van der Waals surface area contributed by atoms with Gasteiger partial charge in [-0.25, -0.2) is 0 Å². The Kier molecular flexibility index (Phi) is 2.27. The molecule has 0 aromatic rings. The maximum atomic E-state index is 11.2. The van der Waals surface area contributed by atoms with Gasteiger partial charge in [-0.1, -0.05) is 20.4 Å². The van der Waals surface area contributed by atoms with Crippen LogP contribution in [0.15, 0.2) is 12.7 Å². The number of carbonyl (C=O) groups excluding carboxylic acids is 1. The fourth-order valence-electron chi connectivity index (χ4n) is 1.87. The smallest absolute Gasteiger partial charge is 0.245 e. The van der Waals surface area contributed by atoms with E-state index in [1.165, 1.54) is 12.5 Å². The summed E-state index contributed by atoms with van der Waals surface area (Å²) >= 11 is 0. The summed E-state index contributed by atoms with van der Waals surface area (Å²) in [5.74, 6) is 0.0350. The number of hydrogen-bond donors (Lipinski definition) is 0. The van der Waals surface area contributed by atoms with Crippen LogP contribution in [0.2, 0.25) is 0 Å². The monoisotopic (exact) mass is 167 g/mol. The van der Waals surface area contributed by atoms with Crippen molar-refractivity contribution in [3.63, 3.8) is 0 Å². The summed E-state index contributed by atoms with van der Waals surface area (Å²) in [6, 6.07) is 0.406. The lowest BCUT2D eigenvalue weighted by Gasteiger charge is -2.49. The Morgan fingerprint density at radius 3 is 2.50 bits per heavy atom. The second-order valence-corrected chi connectivity index (χ2v) is 4.20. The largest absolute Gasteiger partial charge is 0.339 e. The van der Waals surface area contributed by atoms with Crippen molar-refractivity contribution in [3.8, 4) is 0 Å². The molecule has 2 nitrogen and oxygen atoms in total. The quantitative estimate of drug-likeness (QED) is 0.574. The van der Waals surface area contributed by atoms with Crippen LogP contribution < -0.4 is 0 Å². The Hall–Kier alpha value is -0.790. The molecular weight excluding hydrogens is 150 g/mol. The van der Waals surface area contributed by atoms with Gasteiger partial charge in [-0.3, -0.25) is 4.79 Å². The molecule has 0 aromatic heterocycles. The summed E-state index contributed by atoms with van der Waals surface area (Å²) in [7, 11) is 1.86.